The van der Waals surface area contributed by atoms with Crippen LogP contribution in [0, 0.1) is 5.92 Å². The van der Waals surface area contributed by atoms with Gasteiger partial charge in [0.25, 0.3) is 5.56 Å². The van der Waals surface area contributed by atoms with E-state index in [4.69, 9.17) is 0 Å². The molecule has 158 valence electrons. The highest BCUT2D eigenvalue weighted by atomic mass is 19.4. The second kappa shape index (κ2) is 8.25. The summed E-state index contributed by atoms with van der Waals surface area (Å²) in [6.45, 7) is 3.89. The summed E-state index contributed by atoms with van der Waals surface area (Å²) in [6.07, 6.45) is 2.74. The van der Waals surface area contributed by atoms with Crippen LogP contribution >= 0.6 is 0 Å². The van der Waals surface area contributed by atoms with E-state index in [9.17, 15) is 18.0 Å². The normalized spacial score (nSPS) is 19.1. The van der Waals surface area contributed by atoms with Crippen molar-refractivity contribution >= 4 is 0 Å². The van der Waals surface area contributed by atoms with Crippen LogP contribution in [0.1, 0.15) is 49.4 Å². The molecule has 0 unspecified atom stereocenters. The average Bonchev–Trinajstić information content (AvgIpc) is 2.90. The lowest BCUT2D eigenvalue weighted by molar-refractivity contribution is -0.141. The second-order valence-corrected chi connectivity index (χ2v) is 7.98. The van der Waals surface area contributed by atoms with Crippen molar-refractivity contribution < 1.29 is 13.2 Å². The number of rotatable bonds is 4. The van der Waals surface area contributed by atoms with E-state index in [1.807, 2.05) is 0 Å². The molecular formula is C19H25F3N6O. The summed E-state index contributed by atoms with van der Waals surface area (Å²) in [7, 11) is 0. The zero-order valence-corrected chi connectivity index (χ0v) is 16.2. The van der Waals surface area contributed by atoms with Crippen molar-refractivity contribution in [1.82, 2.24) is 29.2 Å². The highest BCUT2D eigenvalue weighted by Crippen LogP contribution is 2.26. The summed E-state index contributed by atoms with van der Waals surface area (Å²) < 4.78 is 41.5. The molecule has 1 fully saturated rings. The number of likely N-dealkylation sites (tertiary alicyclic amines) is 1. The van der Waals surface area contributed by atoms with Crippen LogP contribution in [-0.2, 0) is 32.2 Å². The van der Waals surface area contributed by atoms with E-state index in [0.29, 0.717) is 12.6 Å². The van der Waals surface area contributed by atoms with Gasteiger partial charge in [0, 0.05) is 25.6 Å². The number of hydrogen-bond donors (Lipinski definition) is 0. The number of aryl methyl sites for hydroxylation is 1. The molecule has 0 N–H and O–H groups in total. The van der Waals surface area contributed by atoms with Crippen LogP contribution in [0.25, 0.3) is 0 Å². The first-order valence-electron chi connectivity index (χ1n) is 10.2. The minimum Gasteiger partial charge on any atom is -0.314 e. The summed E-state index contributed by atoms with van der Waals surface area (Å²) in [5.41, 5.74) is -1.79. The monoisotopic (exact) mass is 410 g/mol. The standard InChI is InChI=1S/C19H25F3N6O/c20-19(21,22)15-10-18(29)27(13-23-15)11-14-5-8-26(9-6-14)12-17-25-24-16-4-2-1-3-7-28(16)17/h10,13-14H,1-9,11-12H2. The molecule has 7 nitrogen and oxygen atoms in total. The van der Waals surface area contributed by atoms with Crippen molar-refractivity contribution in [3.05, 3.63) is 40.1 Å². The van der Waals surface area contributed by atoms with Gasteiger partial charge >= 0.3 is 6.18 Å². The molecule has 2 aromatic heterocycles. The molecule has 10 heteroatoms. The lowest BCUT2D eigenvalue weighted by Crippen LogP contribution is -2.36. The van der Waals surface area contributed by atoms with Gasteiger partial charge in [0.15, 0.2) is 5.69 Å². The van der Waals surface area contributed by atoms with Gasteiger partial charge in [-0.15, -0.1) is 10.2 Å². The summed E-state index contributed by atoms with van der Waals surface area (Å²) >= 11 is 0. The predicted octanol–water partition coefficient (Wildman–Crippen LogP) is 2.49. The SMILES string of the molecule is O=c1cc(C(F)(F)F)ncn1CC1CCN(Cc2nnc3n2CCCCC3)CC1. The van der Waals surface area contributed by atoms with Crippen molar-refractivity contribution in [2.24, 2.45) is 5.92 Å². The fourth-order valence-corrected chi connectivity index (χ4v) is 4.19. The zero-order valence-electron chi connectivity index (χ0n) is 16.2. The van der Waals surface area contributed by atoms with E-state index in [0.717, 1.165) is 69.8 Å². The summed E-state index contributed by atoms with van der Waals surface area (Å²) in [4.78, 5) is 17.7. The van der Waals surface area contributed by atoms with Crippen LogP contribution in [0.5, 0.6) is 0 Å². The largest absolute Gasteiger partial charge is 0.433 e. The molecule has 0 saturated carbocycles. The molecule has 4 rings (SSSR count). The van der Waals surface area contributed by atoms with Gasteiger partial charge < -0.3 is 4.57 Å². The molecule has 2 aliphatic rings. The number of nitrogens with zero attached hydrogens (tertiary/aromatic N) is 6. The Labute approximate surface area is 166 Å². The molecule has 0 bridgehead atoms. The molecule has 0 aromatic carbocycles. The summed E-state index contributed by atoms with van der Waals surface area (Å²) in [5, 5.41) is 8.73. The van der Waals surface area contributed by atoms with Gasteiger partial charge in [0.05, 0.1) is 12.9 Å². The van der Waals surface area contributed by atoms with E-state index >= 15 is 0 Å². The van der Waals surface area contributed by atoms with Crippen LogP contribution in [0.2, 0.25) is 0 Å². The van der Waals surface area contributed by atoms with Crippen LogP contribution in [-0.4, -0.2) is 42.3 Å². The van der Waals surface area contributed by atoms with Crippen LogP contribution in [0.15, 0.2) is 17.2 Å². The summed E-state index contributed by atoms with van der Waals surface area (Å²) in [6, 6.07) is 0.576. The number of aromatic nitrogens is 5. The molecule has 2 aromatic rings. The third-order valence-electron chi connectivity index (χ3n) is 5.88. The van der Waals surface area contributed by atoms with E-state index in [2.05, 4.69) is 24.6 Å². The Hall–Kier alpha value is -2.23. The highest BCUT2D eigenvalue weighted by Gasteiger charge is 2.33. The maximum atomic E-state index is 12.7. The van der Waals surface area contributed by atoms with Gasteiger partial charge in [-0.3, -0.25) is 14.3 Å². The quantitative estimate of drug-likeness (QED) is 0.775. The maximum Gasteiger partial charge on any atom is 0.433 e. The molecule has 0 aliphatic carbocycles. The topological polar surface area (TPSA) is 68.8 Å². The lowest BCUT2D eigenvalue weighted by Gasteiger charge is -2.31. The number of hydrogen-bond acceptors (Lipinski definition) is 5. The highest BCUT2D eigenvalue weighted by molar-refractivity contribution is 5.04. The van der Waals surface area contributed by atoms with Gasteiger partial charge in [-0.1, -0.05) is 6.42 Å². The minimum atomic E-state index is -4.59. The van der Waals surface area contributed by atoms with E-state index in [1.54, 1.807) is 0 Å². The first-order chi connectivity index (χ1) is 13.9. The third kappa shape index (κ3) is 4.68. The van der Waals surface area contributed by atoms with Crippen molar-refractivity contribution in [1.29, 1.82) is 0 Å². The van der Waals surface area contributed by atoms with E-state index < -0.39 is 17.4 Å². The Morgan fingerprint density at radius 3 is 2.59 bits per heavy atom. The molecule has 2 aliphatic heterocycles. The molecule has 0 spiro atoms. The third-order valence-corrected chi connectivity index (χ3v) is 5.88. The number of fused-ring (bicyclic) bond motifs is 1. The molecule has 1 saturated heterocycles. The first kappa shape index (κ1) is 20.1. The second-order valence-electron chi connectivity index (χ2n) is 7.98. The van der Waals surface area contributed by atoms with Crippen LogP contribution in [0.4, 0.5) is 13.2 Å². The van der Waals surface area contributed by atoms with Gasteiger partial charge in [-0.05, 0) is 44.7 Å². The van der Waals surface area contributed by atoms with Crippen molar-refractivity contribution in [2.45, 2.75) is 64.3 Å². The minimum absolute atomic E-state index is 0.248. The Morgan fingerprint density at radius 1 is 1.07 bits per heavy atom. The fourth-order valence-electron chi connectivity index (χ4n) is 4.19. The number of alkyl halides is 3. The molecular weight excluding hydrogens is 385 g/mol. The number of halogens is 3. The first-order valence-corrected chi connectivity index (χ1v) is 10.2. The zero-order chi connectivity index (χ0) is 20.4. The maximum absolute atomic E-state index is 12.7. The smallest absolute Gasteiger partial charge is 0.314 e. The molecule has 0 amide bonds. The Morgan fingerprint density at radius 2 is 1.86 bits per heavy atom. The van der Waals surface area contributed by atoms with Crippen LogP contribution in [0.3, 0.4) is 0 Å². The molecule has 0 atom stereocenters. The Kier molecular flexibility index (Phi) is 5.71. The van der Waals surface area contributed by atoms with E-state index in [-0.39, 0.29) is 5.92 Å². The van der Waals surface area contributed by atoms with E-state index in [1.165, 1.54) is 17.4 Å². The number of piperidine rings is 1. The molecule has 29 heavy (non-hydrogen) atoms. The predicted molar refractivity (Wildman–Crippen MR) is 99.1 cm³/mol. The average molecular weight is 410 g/mol. The Bertz CT molecular complexity index is 898. The van der Waals surface area contributed by atoms with Crippen LogP contribution < -0.4 is 5.56 Å². The molecule has 0 radical (unpaired) electrons. The lowest BCUT2D eigenvalue weighted by atomic mass is 9.96. The fraction of sp³-hybridized carbons (Fsp3) is 0.684. The van der Waals surface area contributed by atoms with Crippen molar-refractivity contribution in [3.8, 4) is 0 Å². The van der Waals surface area contributed by atoms with Gasteiger partial charge in [0.2, 0.25) is 0 Å². The molecule has 4 heterocycles. The summed E-state index contributed by atoms with van der Waals surface area (Å²) in [5.74, 6) is 2.35. The van der Waals surface area contributed by atoms with Crippen molar-refractivity contribution in [3.63, 3.8) is 0 Å². The van der Waals surface area contributed by atoms with Gasteiger partial charge in [-0.2, -0.15) is 13.2 Å². The van der Waals surface area contributed by atoms with Crippen molar-refractivity contribution in [2.75, 3.05) is 13.1 Å². The van der Waals surface area contributed by atoms with Gasteiger partial charge in [0.1, 0.15) is 11.6 Å². The van der Waals surface area contributed by atoms with Gasteiger partial charge in [-0.25, -0.2) is 4.98 Å². The Balaban J connectivity index is 1.32.